The molecule has 0 saturated heterocycles. The minimum Gasteiger partial charge on any atom is -0.374 e. The van der Waals surface area contributed by atoms with E-state index in [0.717, 1.165) is 0 Å². The highest BCUT2D eigenvalue weighted by molar-refractivity contribution is 4.89. The molecule has 0 aliphatic carbocycles. The molecule has 1 aromatic heterocycles. The first-order valence-electron chi connectivity index (χ1n) is 4.72. The van der Waals surface area contributed by atoms with Gasteiger partial charge in [-0.05, 0) is 6.92 Å². The Morgan fingerprint density at radius 1 is 1.43 bits per heavy atom. The molecule has 5 heteroatoms. The molecule has 0 radical (unpaired) electrons. The molecule has 0 fully saturated rings. The second-order valence-corrected chi connectivity index (χ2v) is 3.46. The van der Waals surface area contributed by atoms with Gasteiger partial charge in [-0.1, -0.05) is 19.0 Å². The summed E-state index contributed by atoms with van der Waals surface area (Å²) < 4.78 is 10.1. The van der Waals surface area contributed by atoms with Crippen molar-refractivity contribution in [3.05, 3.63) is 11.7 Å². The molecule has 0 bridgehead atoms. The van der Waals surface area contributed by atoms with Crippen LogP contribution in [0.3, 0.4) is 0 Å². The number of hydrogen-bond donors (Lipinski definition) is 1. The zero-order chi connectivity index (χ0) is 10.6. The van der Waals surface area contributed by atoms with Gasteiger partial charge in [0, 0.05) is 13.2 Å². The van der Waals surface area contributed by atoms with Crippen molar-refractivity contribution < 1.29 is 9.26 Å². The van der Waals surface area contributed by atoms with Gasteiger partial charge in [-0.15, -0.1) is 0 Å². The smallest absolute Gasteiger partial charge is 0.240 e. The van der Waals surface area contributed by atoms with Gasteiger partial charge in [0.1, 0.15) is 6.10 Å². The van der Waals surface area contributed by atoms with Crippen LogP contribution in [0.2, 0.25) is 0 Å². The summed E-state index contributed by atoms with van der Waals surface area (Å²) >= 11 is 0. The first kappa shape index (κ1) is 11.1. The van der Waals surface area contributed by atoms with Gasteiger partial charge in [0.2, 0.25) is 5.89 Å². The van der Waals surface area contributed by atoms with Crippen LogP contribution in [0.15, 0.2) is 4.52 Å². The van der Waals surface area contributed by atoms with Crippen molar-refractivity contribution in [2.45, 2.75) is 39.5 Å². The zero-order valence-corrected chi connectivity index (χ0v) is 9.07. The Kier molecular flexibility index (Phi) is 4.03. The normalized spacial score (nSPS) is 13.5. The molecule has 80 valence electrons. The molecule has 1 rings (SSSR count). The van der Waals surface area contributed by atoms with Gasteiger partial charge in [0.05, 0.1) is 6.54 Å². The number of aromatic nitrogens is 2. The molecular formula is C9H17N3O2. The Labute approximate surface area is 83.8 Å². The van der Waals surface area contributed by atoms with Crippen molar-refractivity contribution in [3.8, 4) is 0 Å². The molecule has 0 aliphatic rings. The van der Waals surface area contributed by atoms with Crippen LogP contribution in [0.25, 0.3) is 0 Å². The van der Waals surface area contributed by atoms with E-state index in [2.05, 4.69) is 29.3 Å². The molecule has 0 amide bonds. The third-order valence-electron chi connectivity index (χ3n) is 1.86. The number of hydrogen-bond acceptors (Lipinski definition) is 5. The summed E-state index contributed by atoms with van der Waals surface area (Å²) in [5.41, 5.74) is 0. The number of methoxy groups -OCH3 is 1. The fourth-order valence-electron chi connectivity index (χ4n) is 0.902. The van der Waals surface area contributed by atoms with Crippen LogP contribution in [-0.4, -0.2) is 23.3 Å². The second kappa shape index (κ2) is 5.07. The van der Waals surface area contributed by atoms with Crippen molar-refractivity contribution in [2.24, 2.45) is 0 Å². The van der Waals surface area contributed by atoms with Crippen LogP contribution in [0.5, 0.6) is 0 Å². The summed E-state index contributed by atoms with van der Waals surface area (Å²) in [5, 5.41) is 7.01. The molecule has 0 saturated carbocycles. The lowest BCUT2D eigenvalue weighted by Gasteiger charge is -2.03. The van der Waals surface area contributed by atoms with Gasteiger partial charge >= 0.3 is 0 Å². The lowest BCUT2D eigenvalue weighted by atomic mass is 10.4. The monoisotopic (exact) mass is 199 g/mol. The van der Waals surface area contributed by atoms with E-state index < -0.39 is 0 Å². The van der Waals surface area contributed by atoms with E-state index in [1.54, 1.807) is 7.11 Å². The molecule has 1 N–H and O–H groups in total. The van der Waals surface area contributed by atoms with Crippen LogP contribution < -0.4 is 5.32 Å². The molecular weight excluding hydrogens is 182 g/mol. The lowest BCUT2D eigenvalue weighted by molar-refractivity contribution is 0.109. The maximum atomic E-state index is 5.07. The van der Waals surface area contributed by atoms with Crippen LogP contribution in [-0.2, 0) is 11.3 Å². The van der Waals surface area contributed by atoms with Gasteiger partial charge in [-0.25, -0.2) is 0 Å². The SMILES string of the molecule is COC(C)c1noc(CNC(C)C)n1. The van der Waals surface area contributed by atoms with Crippen molar-refractivity contribution in [3.63, 3.8) is 0 Å². The van der Waals surface area contributed by atoms with Gasteiger partial charge in [0.15, 0.2) is 5.82 Å². The Hall–Kier alpha value is -0.940. The summed E-state index contributed by atoms with van der Waals surface area (Å²) in [6, 6.07) is 0.408. The average molecular weight is 199 g/mol. The Balaban J connectivity index is 2.50. The Morgan fingerprint density at radius 3 is 2.71 bits per heavy atom. The summed E-state index contributed by atoms with van der Waals surface area (Å²) in [7, 11) is 1.62. The highest BCUT2D eigenvalue weighted by Crippen LogP contribution is 2.11. The maximum Gasteiger partial charge on any atom is 0.240 e. The van der Waals surface area contributed by atoms with Crippen LogP contribution in [0.1, 0.15) is 38.6 Å². The van der Waals surface area contributed by atoms with Crippen LogP contribution >= 0.6 is 0 Å². The molecule has 14 heavy (non-hydrogen) atoms. The summed E-state index contributed by atoms with van der Waals surface area (Å²) in [5.74, 6) is 1.19. The van der Waals surface area contributed by atoms with Crippen molar-refractivity contribution in [2.75, 3.05) is 7.11 Å². The topological polar surface area (TPSA) is 60.2 Å². The van der Waals surface area contributed by atoms with Gasteiger partial charge < -0.3 is 14.6 Å². The standard InChI is InChI=1S/C9H17N3O2/c1-6(2)10-5-8-11-9(12-14-8)7(3)13-4/h6-7,10H,5H2,1-4H3. The summed E-state index contributed by atoms with van der Waals surface area (Å²) in [6.07, 6.45) is -0.119. The first-order chi connectivity index (χ1) is 6.63. The molecule has 1 aromatic rings. The van der Waals surface area contributed by atoms with Gasteiger partial charge in [-0.3, -0.25) is 0 Å². The van der Waals surface area contributed by atoms with E-state index in [1.165, 1.54) is 0 Å². The van der Waals surface area contributed by atoms with E-state index in [-0.39, 0.29) is 6.10 Å². The highest BCUT2D eigenvalue weighted by Gasteiger charge is 2.12. The molecule has 0 aliphatic heterocycles. The van der Waals surface area contributed by atoms with E-state index in [0.29, 0.717) is 24.3 Å². The first-order valence-corrected chi connectivity index (χ1v) is 4.72. The minimum atomic E-state index is -0.119. The molecule has 1 atom stereocenters. The largest absolute Gasteiger partial charge is 0.374 e. The predicted molar refractivity (Wildman–Crippen MR) is 51.7 cm³/mol. The molecule has 0 aromatic carbocycles. The molecule has 0 spiro atoms. The van der Waals surface area contributed by atoms with Crippen LogP contribution in [0, 0.1) is 0 Å². The lowest BCUT2D eigenvalue weighted by Crippen LogP contribution is -2.22. The second-order valence-electron chi connectivity index (χ2n) is 3.46. The minimum absolute atomic E-state index is 0.119. The number of nitrogens with one attached hydrogen (secondary N) is 1. The summed E-state index contributed by atoms with van der Waals surface area (Å²) in [6.45, 7) is 6.61. The number of rotatable bonds is 5. The molecule has 1 unspecified atom stereocenters. The molecule has 5 nitrogen and oxygen atoms in total. The summed E-state index contributed by atoms with van der Waals surface area (Å²) in [4.78, 5) is 4.19. The van der Waals surface area contributed by atoms with Crippen LogP contribution in [0.4, 0.5) is 0 Å². The van der Waals surface area contributed by atoms with E-state index >= 15 is 0 Å². The number of ether oxygens (including phenoxy) is 1. The van der Waals surface area contributed by atoms with Crippen molar-refractivity contribution >= 4 is 0 Å². The predicted octanol–water partition coefficient (Wildman–Crippen LogP) is 1.27. The van der Waals surface area contributed by atoms with Crippen molar-refractivity contribution in [1.29, 1.82) is 0 Å². The fraction of sp³-hybridized carbons (Fsp3) is 0.778. The Morgan fingerprint density at radius 2 is 2.14 bits per heavy atom. The molecule has 1 heterocycles. The maximum absolute atomic E-state index is 5.07. The van der Waals surface area contributed by atoms with E-state index in [1.807, 2.05) is 6.92 Å². The highest BCUT2D eigenvalue weighted by atomic mass is 16.5. The van der Waals surface area contributed by atoms with Gasteiger partial charge in [-0.2, -0.15) is 4.98 Å². The average Bonchev–Trinajstić information content (AvgIpc) is 2.62. The Bertz CT molecular complexity index is 273. The number of nitrogens with zero attached hydrogens (tertiary/aromatic N) is 2. The van der Waals surface area contributed by atoms with E-state index in [4.69, 9.17) is 9.26 Å². The fourth-order valence-corrected chi connectivity index (χ4v) is 0.902. The quantitative estimate of drug-likeness (QED) is 0.774. The third kappa shape index (κ3) is 3.08. The van der Waals surface area contributed by atoms with Crippen molar-refractivity contribution in [1.82, 2.24) is 15.5 Å². The third-order valence-corrected chi connectivity index (χ3v) is 1.86. The van der Waals surface area contributed by atoms with E-state index in [9.17, 15) is 0 Å². The van der Waals surface area contributed by atoms with Gasteiger partial charge in [0.25, 0.3) is 0 Å². The zero-order valence-electron chi connectivity index (χ0n) is 9.07.